The summed E-state index contributed by atoms with van der Waals surface area (Å²) >= 11 is 0. The maximum absolute atomic E-state index is 13.5. The van der Waals surface area contributed by atoms with Gasteiger partial charge in [-0.25, -0.2) is 22.2 Å². The second-order valence-electron chi connectivity index (χ2n) is 9.48. The zero-order valence-electron chi connectivity index (χ0n) is 21.6. The molecule has 1 aromatic heterocycles. The van der Waals surface area contributed by atoms with Crippen LogP contribution >= 0.6 is 0 Å². The minimum Gasteiger partial charge on any atom is -0.340 e. The van der Waals surface area contributed by atoms with Gasteiger partial charge >= 0.3 is 6.18 Å². The summed E-state index contributed by atoms with van der Waals surface area (Å²) in [7, 11) is -2.27. The van der Waals surface area contributed by atoms with Crippen molar-refractivity contribution in [1.29, 1.82) is 0 Å². The Balaban J connectivity index is 1.33. The van der Waals surface area contributed by atoms with Crippen LogP contribution in [0, 0.1) is 11.6 Å². The van der Waals surface area contributed by atoms with Gasteiger partial charge in [0, 0.05) is 43.1 Å². The number of benzene rings is 2. The molecule has 2 heterocycles. The van der Waals surface area contributed by atoms with Crippen molar-refractivity contribution >= 4 is 33.2 Å². The maximum Gasteiger partial charge on any atom is 0.389 e. The number of nitrogens with one attached hydrogen (secondary N) is 2. The Morgan fingerprint density at radius 1 is 0.975 bits per heavy atom. The van der Waals surface area contributed by atoms with E-state index >= 15 is 0 Å². The van der Waals surface area contributed by atoms with Gasteiger partial charge in [-0.05, 0) is 81.4 Å². The van der Waals surface area contributed by atoms with E-state index in [1.807, 2.05) is 4.90 Å². The van der Waals surface area contributed by atoms with E-state index in [0.29, 0.717) is 49.7 Å². The van der Waals surface area contributed by atoms with Crippen molar-refractivity contribution in [2.75, 3.05) is 37.3 Å². The number of piperidine rings is 1. The van der Waals surface area contributed by atoms with E-state index in [1.165, 1.54) is 35.7 Å². The zero-order chi connectivity index (χ0) is 28.9. The zero-order valence-corrected chi connectivity index (χ0v) is 22.4. The van der Waals surface area contributed by atoms with Gasteiger partial charge in [0.1, 0.15) is 5.82 Å². The molecule has 0 unspecified atom stereocenters. The molecule has 1 aliphatic heterocycles. The lowest BCUT2D eigenvalue weighted by atomic mass is 10.1. The number of anilines is 4. The van der Waals surface area contributed by atoms with Crippen LogP contribution < -0.4 is 10.6 Å². The largest absolute Gasteiger partial charge is 0.389 e. The van der Waals surface area contributed by atoms with Crippen LogP contribution in [0.15, 0.2) is 59.6 Å². The Bertz CT molecular complexity index is 1400. The SMILES string of the molecule is CN(C1CCN(CCCC(F)(F)F)CC1)S(=O)(=O)c1ccc(Nc2nccc(Nc3ccc(F)c(F)c3)n2)cc1. The second kappa shape index (κ2) is 12.4. The van der Waals surface area contributed by atoms with Crippen LogP contribution in [0.1, 0.15) is 25.7 Å². The van der Waals surface area contributed by atoms with E-state index < -0.39 is 34.3 Å². The fourth-order valence-electron chi connectivity index (χ4n) is 4.42. The van der Waals surface area contributed by atoms with E-state index in [0.717, 1.165) is 12.1 Å². The van der Waals surface area contributed by atoms with Crippen molar-refractivity contribution in [3.05, 3.63) is 66.4 Å². The highest BCUT2D eigenvalue weighted by molar-refractivity contribution is 7.89. The Morgan fingerprint density at radius 2 is 1.65 bits per heavy atom. The van der Waals surface area contributed by atoms with Crippen molar-refractivity contribution < 1.29 is 30.4 Å². The van der Waals surface area contributed by atoms with Crippen LogP contribution in [0.5, 0.6) is 0 Å². The van der Waals surface area contributed by atoms with Crippen LogP contribution in [0.2, 0.25) is 0 Å². The van der Waals surface area contributed by atoms with Gasteiger partial charge in [0.2, 0.25) is 16.0 Å². The molecule has 8 nitrogen and oxygen atoms in total. The molecule has 216 valence electrons. The normalized spacial score (nSPS) is 15.4. The number of hydrogen-bond acceptors (Lipinski definition) is 7. The minimum absolute atomic E-state index is 0.0305. The van der Waals surface area contributed by atoms with E-state index in [4.69, 9.17) is 0 Å². The van der Waals surface area contributed by atoms with Crippen molar-refractivity contribution in [3.63, 3.8) is 0 Å². The molecule has 2 aromatic carbocycles. The van der Waals surface area contributed by atoms with Gasteiger partial charge in [-0.3, -0.25) is 0 Å². The Labute approximate surface area is 229 Å². The third-order valence-electron chi connectivity index (χ3n) is 6.64. The molecule has 14 heteroatoms. The van der Waals surface area contributed by atoms with E-state index in [2.05, 4.69) is 20.6 Å². The highest BCUT2D eigenvalue weighted by Crippen LogP contribution is 2.26. The monoisotopic (exact) mass is 584 g/mol. The lowest BCUT2D eigenvalue weighted by molar-refractivity contribution is -0.136. The van der Waals surface area contributed by atoms with Crippen LogP contribution in [0.3, 0.4) is 0 Å². The lowest BCUT2D eigenvalue weighted by Crippen LogP contribution is -2.45. The van der Waals surface area contributed by atoms with Crippen LogP contribution in [0.25, 0.3) is 0 Å². The molecule has 3 aromatic rings. The van der Waals surface area contributed by atoms with Crippen molar-refractivity contribution in [1.82, 2.24) is 19.2 Å². The number of alkyl halides is 3. The molecule has 1 aliphatic rings. The van der Waals surface area contributed by atoms with Gasteiger partial charge in [-0.2, -0.15) is 22.5 Å². The highest BCUT2D eigenvalue weighted by Gasteiger charge is 2.31. The average Bonchev–Trinajstić information content (AvgIpc) is 2.91. The maximum atomic E-state index is 13.5. The van der Waals surface area contributed by atoms with Gasteiger partial charge in [-0.1, -0.05) is 0 Å². The number of rotatable bonds is 10. The predicted octanol–water partition coefficient (Wildman–Crippen LogP) is 5.67. The van der Waals surface area contributed by atoms with E-state index in [9.17, 15) is 30.4 Å². The third-order valence-corrected chi connectivity index (χ3v) is 8.57. The standard InChI is InChI=1S/C26H29F5N6O2S/c1-36(20-10-15-37(16-11-20)14-2-12-26(29,30)31)40(38,39)21-6-3-18(4-7-21)34-25-32-13-9-24(35-25)33-19-5-8-22(27)23(28)17-19/h3-9,13,17,20H,2,10-12,14-16H2,1H3,(H2,32,33,34,35). The van der Waals surface area contributed by atoms with E-state index in [-0.39, 0.29) is 23.3 Å². The van der Waals surface area contributed by atoms with Crippen LogP contribution in [-0.2, 0) is 10.0 Å². The molecule has 1 saturated heterocycles. The molecule has 4 rings (SSSR count). The summed E-state index contributed by atoms with van der Waals surface area (Å²) in [5.41, 5.74) is 0.827. The van der Waals surface area contributed by atoms with Gasteiger partial charge in [0.25, 0.3) is 0 Å². The number of aromatic nitrogens is 2. The summed E-state index contributed by atoms with van der Waals surface area (Å²) in [4.78, 5) is 10.4. The third kappa shape index (κ3) is 7.86. The number of sulfonamides is 1. The van der Waals surface area contributed by atoms with Crippen molar-refractivity contribution in [2.24, 2.45) is 0 Å². The molecule has 0 amide bonds. The first-order valence-corrected chi connectivity index (χ1v) is 14.0. The molecule has 0 atom stereocenters. The highest BCUT2D eigenvalue weighted by atomic mass is 32.2. The van der Waals surface area contributed by atoms with Crippen molar-refractivity contribution in [2.45, 2.75) is 42.8 Å². The summed E-state index contributed by atoms with van der Waals surface area (Å²) in [6, 6.07) is 10.7. The fraction of sp³-hybridized carbons (Fsp3) is 0.385. The summed E-state index contributed by atoms with van der Waals surface area (Å²) < 4.78 is 91.6. The number of likely N-dealkylation sites (tertiary alicyclic amines) is 1. The molecule has 40 heavy (non-hydrogen) atoms. The Kier molecular flexibility index (Phi) is 9.21. The molecule has 0 spiro atoms. The fourth-order valence-corrected chi connectivity index (χ4v) is 5.84. The first kappa shape index (κ1) is 29.6. The summed E-state index contributed by atoms with van der Waals surface area (Å²) in [6.07, 6.45) is -2.42. The number of halogens is 5. The topological polar surface area (TPSA) is 90.5 Å². The van der Waals surface area contributed by atoms with Crippen molar-refractivity contribution in [3.8, 4) is 0 Å². The number of hydrogen-bond donors (Lipinski definition) is 2. The van der Waals surface area contributed by atoms with Gasteiger partial charge in [-0.15, -0.1) is 0 Å². The minimum atomic E-state index is -4.17. The molecular weight excluding hydrogens is 555 g/mol. The van der Waals surface area contributed by atoms with Gasteiger partial charge in [0.05, 0.1) is 4.90 Å². The molecule has 2 N–H and O–H groups in total. The molecular formula is C26H29F5N6O2S. The summed E-state index contributed by atoms with van der Waals surface area (Å²) in [5.74, 6) is -1.43. The second-order valence-corrected chi connectivity index (χ2v) is 11.5. The molecule has 0 saturated carbocycles. The average molecular weight is 585 g/mol. The molecule has 0 radical (unpaired) electrons. The lowest BCUT2D eigenvalue weighted by Gasteiger charge is -2.36. The van der Waals surface area contributed by atoms with Gasteiger partial charge in [0.15, 0.2) is 11.6 Å². The number of nitrogens with zero attached hydrogens (tertiary/aromatic N) is 4. The Morgan fingerprint density at radius 3 is 2.30 bits per heavy atom. The van der Waals surface area contributed by atoms with Crippen LogP contribution in [-0.4, -0.2) is 66.5 Å². The quantitative estimate of drug-likeness (QED) is 0.297. The Hall–Kier alpha value is -3.36. The smallest absolute Gasteiger partial charge is 0.340 e. The first-order valence-electron chi connectivity index (χ1n) is 12.6. The molecule has 0 bridgehead atoms. The summed E-state index contributed by atoms with van der Waals surface area (Å²) in [6.45, 7) is 1.41. The molecule has 0 aliphatic carbocycles. The predicted molar refractivity (Wildman–Crippen MR) is 141 cm³/mol. The molecule has 1 fully saturated rings. The summed E-state index contributed by atoms with van der Waals surface area (Å²) in [5, 5.41) is 5.83. The first-order chi connectivity index (χ1) is 18.9. The van der Waals surface area contributed by atoms with E-state index in [1.54, 1.807) is 18.2 Å². The van der Waals surface area contributed by atoms with Gasteiger partial charge < -0.3 is 15.5 Å². The van der Waals surface area contributed by atoms with Crippen LogP contribution in [0.4, 0.5) is 45.1 Å².